The van der Waals surface area contributed by atoms with Crippen LogP contribution >= 0.6 is 0 Å². The molecule has 1 amide bonds. The van der Waals surface area contributed by atoms with E-state index >= 15 is 0 Å². The smallest absolute Gasteiger partial charge is 0.309 e. The Morgan fingerprint density at radius 2 is 1.16 bits per heavy atom. The van der Waals surface area contributed by atoms with Crippen molar-refractivity contribution in [2.45, 2.75) is 52.7 Å². The molecule has 5 aromatic carbocycles. The molecule has 15 nitrogen and oxygen atoms in total. The monoisotopic (exact) mass is 853 g/mol. The summed E-state index contributed by atoms with van der Waals surface area (Å²) < 4.78 is 0. The van der Waals surface area contributed by atoms with Crippen LogP contribution < -0.4 is 11.1 Å². The average Bonchev–Trinajstić information content (AvgIpc) is 3.67. The summed E-state index contributed by atoms with van der Waals surface area (Å²) in [5.74, 6) is -3.05. The Bertz CT molecular complexity index is 2530. The lowest BCUT2D eigenvalue weighted by Gasteiger charge is -2.20. The van der Waals surface area contributed by atoms with Crippen LogP contribution in [0.25, 0.3) is 20.7 Å². The maximum Gasteiger partial charge on any atom is 0.309 e. The molecule has 0 radical (unpaired) electrons. The second-order valence-corrected chi connectivity index (χ2v) is 14.4. The SMILES string of the molecule is NCC(=O)c1ccccc1.On1nnc2ccccc21.[C-]#[N+]c1ccc(C[C@@H](C(=O)NCC(=O)c2ccccc2)[C@H](C)O)cc1C.[C-]#[N+]c1ccc(C[C@@H](C(=O)O)C(C)O)cc1C. The molecule has 0 saturated carbocycles. The summed E-state index contributed by atoms with van der Waals surface area (Å²) >= 11 is 0. The van der Waals surface area contributed by atoms with Crippen molar-refractivity contribution in [2.24, 2.45) is 17.6 Å². The number of Topliss-reactive ketones (excluding diaryl/α,β-unsaturated/α-hetero) is 2. The third kappa shape index (κ3) is 15.8. The zero-order chi connectivity index (χ0) is 46.5. The molecule has 6 rings (SSSR count). The van der Waals surface area contributed by atoms with Crippen molar-refractivity contribution in [1.29, 1.82) is 0 Å². The fourth-order valence-electron chi connectivity index (χ4n) is 6.02. The molecule has 1 heterocycles. The van der Waals surface area contributed by atoms with Gasteiger partial charge in [-0.3, -0.25) is 19.2 Å². The van der Waals surface area contributed by atoms with E-state index in [0.717, 1.165) is 27.1 Å². The summed E-state index contributed by atoms with van der Waals surface area (Å²) in [5, 5.41) is 47.0. The first-order chi connectivity index (χ1) is 30.1. The number of nitrogens with one attached hydrogen (secondary N) is 1. The second-order valence-electron chi connectivity index (χ2n) is 14.4. The van der Waals surface area contributed by atoms with Crippen LogP contribution in [0.4, 0.5) is 11.4 Å². The van der Waals surface area contributed by atoms with E-state index < -0.39 is 30.0 Å². The van der Waals surface area contributed by atoms with Crippen LogP contribution in [0, 0.1) is 38.8 Å². The molecule has 4 atom stereocenters. The van der Waals surface area contributed by atoms with Gasteiger partial charge in [-0.1, -0.05) is 114 Å². The zero-order valence-electron chi connectivity index (χ0n) is 35.4. The molecule has 15 heteroatoms. The lowest BCUT2D eigenvalue weighted by molar-refractivity contribution is -0.145. The van der Waals surface area contributed by atoms with Gasteiger partial charge < -0.3 is 31.6 Å². The third-order valence-electron chi connectivity index (χ3n) is 9.63. The van der Waals surface area contributed by atoms with Crippen LogP contribution in [0.15, 0.2) is 121 Å². The van der Waals surface area contributed by atoms with Gasteiger partial charge in [0.1, 0.15) is 11.0 Å². The van der Waals surface area contributed by atoms with Gasteiger partial charge >= 0.3 is 5.97 Å². The zero-order valence-corrected chi connectivity index (χ0v) is 35.4. The highest BCUT2D eigenvalue weighted by molar-refractivity contribution is 5.99. The Morgan fingerprint density at radius 1 is 0.698 bits per heavy atom. The summed E-state index contributed by atoms with van der Waals surface area (Å²) in [4.78, 5) is 53.9. The number of carboxylic acids is 1. The number of para-hydroxylation sites is 1. The Balaban J connectivity index is 0.000000243. The van der Waals surface area contributed by atoms with Crippen molar-refractivity contribution >= 4 is 45.9 Å². The molecule has 1 unspecified atom stereocenters. The van der Waals surface area contributed by atoms with E-state index in [1.807, 2.05) is 56.3 Å². The van der Waals surface area contributed by atoms with Gasteiger partial charge in [-0.15, -0.1) is 5.10 Å². The van der Waals surface area contributed by atoms with Gasteiger partial charge in [-0.05, 0) is 80.1 Å². The second kappa shape index (κ2) is 25.3. The number of aryl methyl sites for hydroxylation is 2. The largest absolute Gasteiger partial charge is 0.481 e. The van der Waals surface area contributed by atoms with E-state index in [0.29, 0.717) is 40.0 Å². The van der Waals surface area contributed by atoms with Gasteiger partial charge in [0.2, 0.25) is 5.91 Å². The molecule has 6 aromatic rings. The molecule has 0 saturated heterocycles. The van der Waals surface area contributed by atoms with E-state index in [2.05, 4.69) is 25.3 Å². The lowest BCUT2D eigenvalue weighted by Crippen LogP contribution is -2.40. The molecular weight excluding hydrogens is 803 g/mol. The minimum Gasteiger partial charge on any atom is -0.481 e. The van der Waals surface area contributed by atoms with Crippen molar-refractivity contribution in [3.63, 3.8) is 0 Å². The number of carboxylic acid groups (broad SMARTS) is 1. The lowest BCUT2D eigenvalue weighted by atomic mass is 9.93. The number of ketones is 2. The number of hydrogen-bond acceptors (Lipinski definition) is 10. The van der Waals surface area contributed by atoms with E-state index in [1.54, 1.807) is 85.8 Å². The van der Waals surface area contributed by atoms with Crippen molar-refractivity contribution < 1.29 is 39.7 Å². The summed E-state index contributed by atoms with van der Waals surface area (Å²) in [5.41, 5.74) is 12.2. The molecule has 0 bridgehead atoms. The highest BCUT2D eigenvalue weighted by atomic mass is 16.5. The molecule has 1 aromatic heterocycles. The van der Waals surface area contributed by atoms with Gasteiger partial charge in [-0.2, -0.15) is 0 Å². The summed E-state index contributed by atoms with van der Waals surface area (Å²) in [7, 11) is 0. The van der Waals surface area contributed by atoms with Crippen molar-refractivity contribution in [3.05, 3.63) is 178 Å². The molecule has 0 aliphatic heterocycles. The first-order valence-corrected chi connectivity index (χ1v) is 19.8. The standard InChI is InChI=1S/C21H22N2O3.C13H15NO3.C8H9NO.C6H5N3O/c1-14-11-16(9-10-19(14)22-3)12-18(15(2)24)21(26)23-13-20(25)17-7-5-4-6-8-17;1-8-6-10(4-5-12(8)14-3)7-11(9(2)15)13(16)17;9-6-8(10)7-4-2-1-3-5-7;10-9-6-4-2-1-3-5(6)7-8-9/h4-11,15,18,24H,12-13H2,1-2H3,(H,23,26);4-6,9,11,15H,7H2,1-2H3,(H,16,17);1-5H,6,9H2;1-4,10H/t15-,18+;9?,11-;;/m01../s1. The maximum atomic E-state index is 12.5. The Morgan fingerprint density at radius 3 is 1.59 bits per heavy atom. The van der Waals surface area contributed by atoms with E-state index in [9.17, 15) is 29.4 Å². The summed E-state index contributed by atoms with van der Waals surface area (Å²) in [6, 6.07) is 35.5. The number of rotatable bonds is 13. The molecule has 0 aliphatic rings. The van der Waals surface area contributed by atoms with Gasteiger partial charge in [0, 0.05) is 11.1 Å². The van der Waals surface area contributed by atoms with Gasteiger partial charge in [-0.25, -0.2) is 9.69 Å². The maximum absolute atomic E-state index is 12.5. The first kappa shape index (κ1) is 49.8. The molecule has 0 aliphatic carbocycles. The predicted octanol–water partition coefficient (Wildman–Crippen LogP) is 6.75. The number of aliphatic hydroxyl groups excluding tert-OH is 2. The number of aliphatic hydroxyl groups is 2. The Hall–Kier alpha value is -7.56. The highest BCUT2D eigenvalue weighted by Crippen LogP contribution is 2.23. The fraction of sp³-hybridized carbons (Fsp3) is 0.250. The minimum absolute atomic E-state index is 0.0133. The van der Waals surface area contributed by atoms with Gasteiger partial charge in [0.15, 0.2) is 22.9 Å². The molecular formula is C48H51N7O8. The number of carbonyl (C=O) groups excluding carboxylic acids is 3. The average molecular weight is 854 g/mol. The van der Waals surface area contributed by atoms with Crippen LogP contribution in [-0.4, -0.2) is 84.4 Å². The van der Waals surface area contributed by atoms with E-state index in [4.69, 9.17) is 29.2 Å². The van der Waals surface area contributed by atoms with Gasteiger partial charge in [0.05, 0.1) is 50.3 Å². The number of benzene rings is 5. The quantitative estimate of drug-likeness (QED) is 0.0405. The third-order valence-corrected chi connectivity index (χ3v) is 9.63. The number of amides is 1. The fourth-order valence-corrected chi connectivity index (χ4v) is 6.02. The molecule has 7 N–H and O–H groups in total. The Labute approximate surface area is 366 Å². The first-order valence-electron chi connectivity index (χ1n) is 19.8. The highest BCUT2D eigenvalue weighted by Gasteiger charge is 2.25. The number of nitrogens with two attached hydrogens (primary N) is 1. The molecule has 0 spiro atoms. The van der Waals surface area contributed by atoms with Crippen molar-refractivity contribution in [2.75, 3.05) is 13.1 Å². The number of aromatic nitrogens is 3. The molecule has 326 valence electrons. The van der Waals surface area contributed by atoms with Crippen LogP contribution in [0.2, 0.25) is 0 Å². The predicted molar refractivity (Wildman–Crippen MR) is 239 cm³/mol. The summed E-state index contributed by atoms with van der Waals surface area (Å²) in [6.07, 6.45) is -1.15. The van der Waals surface area contributed by atoms with Crippen LogP contribution in [0.1, 0.15) is 56.8 Å². The van der Waals surface area contributed by atoms with E-state index in [1.165, 1.54) is 6.92 Å². The minimum atomic E-state index is -1.01. The van der Waals surface area contributed by atoms with Crippen LogP contribution in [-0.2, 0) is 22.4 Å². The molecule has 0 fully saturated rings. The topological polar surface area (TPSA) is 227 Å². The van der Waals surface area contributed by atoms with Gasteiger partial charge in [0.25, 0.3) is 0 Å². The van der Waals surface area contributed by atoms with Crippen molar-refractivity contribution in [3.8, 4) is 0 Å². The van der Waals surface area contributed by atoms with Crippen LogP contribution in [0.5, 0.6) is 0 Å². The number of aliphatic carboxylic acids is 1. The van der Waals surface area contributed by atoms with E-state index in [-0.39, 0.29) is 37.0 Å². The number of carbonyl (C=O) groups is 4. The number of nitrogens with zero attached hydrogens (tertiary/aromatic N) is 5. The Kier molecular flexibility index (Phi) is 20.0. The summed E-state index contributed by atoms with van der Waals surface area (Å²) in [6.45, 7) is 20.7. The molecule has 63 heavy (non-hydrogen) atoms. The van der Waals surface area contributed by atoms with Crippen molar-refractivity contribution in [1.82, 2.24) is 20.5 Å². The normalized spacial score (nSPS) is 12.1. The van der Waals surface area contributed by atoms with Crippen LogP contribution in [0.3, 0.4) is 0 Å². The number of fused-ring (bicyclic) bond motifs is 1. The number of hydrogen-bond donors (Lipinski definition) is 6.